The summed E-state index contributed by atoms with van der Waals surface area (Å²) in [4.78, 5) is 17.4. The number of aryl methyl sites for hydroxylation is 1. The Morgan fingerprint density at radius 1 is 1.15 bits per heavy atom. The number of aromatic nitrogens is 6. The summed E-state index contributed by atoms with van der Waals surface area (Å²) in [7, 11) is 0. The number of carbonyl (C=O) groups is 1. The molecule has 1 aliphatic heterocycles. The van der Waals surface area contributed by atoms with Crippen molar-refractivity contribution in [2.75, 3.05) is 18.5 Å². The van der Waals surface area contributed by atoms with Crippen LogP contribution in [-0.2, 0) is 15.1 Å². The number of hydrogen-bond acceptors (Lipinski definition) is 6. The molecular weight excluding hydrogens is 346 g/mol. The summed E-state index contributed by atoms with van der Waals surface area (Å²) in [6, 6.07) is 7.68. The van der Waals surface area contributed by atoms with Gasteiger partial charge in [0.15, 0.2) is 0 Å². The molecule has 27 heavy (non-hydrogen) atoms. The highest BCUT2D eigenvalue weighted by molar-refractivity contribution is 5.96. The molecule has 3 heterocycles. The highest BCUT2D eigenvalue weighted by Crippen LogP contribution is 2.30. The normalized spacial score (nSPS) is 16.2. The number of tetrazole rings is 1. The van der Waals surface area contributed by atoms with E-state index in [0.29, 0.717) is 26.1 Å². The van der Waals surface area contributed by atoms with Crippen LogP contribution in [0.15, 0.2) is 36.9 Å². The van der Waals surface area contributed by atoms with Gasteiger partial charge < -0.3 is 14.6 Å². The van der Waals surface area contributed by atoms with E-state index in [2.05, 4.69) is 25.8 Å². The fourth-order valence-corrected chi connectivity index (χ4v) is 3.34. The van der Waals surface area contributed by atoms with Crippen molar-refractivity contribution in [1.82, 2.24) is 29.8 Å². The Morgan fingerprint density at radius 2 is 1.89 bits per heavy atom. The lowest BCUT2D eigenvalue weighted by Gasteiger charge is -2.34. The SMILES string of the molecule is Cc1ncn(-c2ccc(NC(=O)C3(n4cnnn4)CCOCC3)cc2)c1C. The van der Waals surface area contributed by atoms with Gasteiger partial charge in [0.1, 0.15) is 11.9 Å². The van der Waals surface area contributed by atoms with Crippen molar-refractivity contribution < 1.29 is 9.53 Å². The number of rotatable bonds is 4. The van der Waals surface area contributed by atoms with Gasteiger partial charge in [-0.05, 0) is 48.5 Å². The van der Waals surface area contributed by atoms with Crippen molar-refractivity contribution in [1.29, 1.82) is 0 Å². The smallest absolute Gasteiger partial charge is 0.252 e. The van der Waals surface area contributed by atoms with Crippen LogP contribution >= 0.6 is 0 Å². The van der Waals surface area contributed by atoms with Crippen LogP contribution in [0.1, 0.15) is 24.2 Å². The molecule has 1 aliphatic rings. The predicted octanol–water partition coefficient (Wildman–Crippen LogP) is 1.62. The molecule has 9 nitrogen and oxygen atoms in total. The Morgan fingerprint density at radius 3 is 2.48 bits per heavy atom. The number of ether oxygens (including phenoxy) is 1. The zero-order chi connectivity index (χ0) is 18.9. The molecule has 3 aromatic rings. The molecule has 2 aromatic heterocycles. The van der Waals surface area contributed by atoms with E-state index in [1.807, 2.05) is 42.7 Å². The molecule has 1 aromatic carbocycles. The monoisotopic (exact) mass is 367 g/mol. The van der Waals surface area contributed by atoms with Crippen molar-refractivity contribution in [3.05, 3.63) is 48.3 Å². The molecule has 1 amide bonds. The number of nitrogens with zero attached hydrogens (tertiary/aromatic N) is 6. The molecule has 0 unspecified atom stereocenters. The van der Waals surface area contributed by atoms with E-state index in [9.17, 15) is 4.79 Å². The van der Waals surface area contributed by atoms with Gasteiger partial charge >= 0.3 is 0 Å². The highest BCUT2D eigenvalue weighted by Gasteiger charge is 2.43. The first-order valence-corrected chi connectivity index (χ1v) is 8.84. The van der Waals surface area contributed by atoms with Gasteiger partial charge in [-0.3, -0.25) is 4.79 Å². The number of nitrogens with one attached hydrogen (secondary N) is 1. The molecule has 4 rings (SSSR count). The average molecular weight is 367 g/mol. The van der Waals surface area contributed by atoms with E-state index >= 15 is 0 Å². The number of anilines is 1. The first-order chi connectivity index (χ1) is 13.1. The topological polar surface area (TPSA) is 99.8 Å². The van der Waals surface area contributed by atoms with Crippen LogP contribution in [0.2, 0.25) is 0 Å². The average Bonchev–Trinajstić information content (AvgIpc) is 3.35. The molecule has 0 saturated carbocycles. The fraction of sp³-hybridized carbons (Fsp3) is 0.389. The van der Waals surface area contributed by atoms with Crippen LogP contribution < -0.4 is 5.32 Å². The maximum absolute atomic E-state index is 13.1. The number of amides is 1. The summed E-state index contributed by atoms with van der Waals surface area (Å²) < 4.78 is 8.98. The zero-order valence-corrected chi connectivity index (χ0v) is 15.3. The highest BCUT2D eigenvalue weighted by atomic mass is 16.5. The van der Waals surface area contributed by atoms with Crippen LogP contribution in [0.25, 0.3) is 5.69 Å². The largest absolute Gasteiger partial charge is 0.381 e. The van der Waals surface area contributed by atoms with Gasteiger partial charge in [-0.2, -0.15) is 0 Å². The first-order valence-electron chi connectivity index (χ1n) is 8.84. The minimum absolute atomic E-state index is 0.138. The summed E-state index contributed by atoms with van der Waals surface area (Å²) in [5.74, 6) is -0.138. The Hall–Kier alpha value is -3.07. The van der Waals surface area contributed by atoms with Gasteiger partial charge in [0.25, 0.3) is 5.91 Å². The van der Waals surface area contributed by atoms with Crippen molar-refractivity contribution in [3.8, 4) is 5.69 Å². The van der Waals surface area contributed by atoms with E-state index in [-0.39, 0.29) is 5.91 Å². The van der Waals surface area contributed by atoms with Crippen molar-refractivity contribution in [3.63, 3.8) is 0 Å². The van der Waals surface area contributed by atoms with Crippen LogP contribution in [-0.4, -0.2) is 48.9 Å². The minimum atomic E-state index is -0.835. The number of benzene rings is 1. The summed E-state index contributed by atoms with van der Waals surface area (Å²) >= 11 is 0. The quantitative estimate of drug-likeness (QED) is 0.752. The van der Waals surface area contributed by atoms with E-state index < -0.39 is 5.54 Å². The van der Waals surface area contributed by atoms with Crippen LogP contribution in [0, 0.1) is 13.8 Å². The third kappa shape index (κ3) is 3.10. The second-order valence-electron chi connectivity index (χ2n) is 6.68. The van der Waals surface area contributed by atoms with Gasteiger partial charge in [-0.15, -0.1) is 5.10 Å². The molecule has 9 heteroatoms. The van der Waals surface area contributed by atoms with Crippen LogP contribution in [0.4, 0.5) is 5.69 Å². The lowest BCUT2D eigenvalue weighted by Crippen LogP contribution is -2.49. The minimum Gasteiger partial charge on any atom is -0.381 e. The Balaban J connectivity index is 1.56. The fourth-order valence-electron chi connectivity index (χ4n) is 3.34. The van der Waals surface area contributed by atoms with Gasteiger partial charge in [0.2, 0.25) is 0 Å². The maximum atomic E-state index is 13.1. The second-order valence-corrected chi connectivity index (χ2v) is 6.68. The van der Waals surface area contributed by atoms with E-state index in [4.69, 9.17) is 4.74 Å². The van der Waals surface area contributed by atoms with E-state index in [0.717, 1.165) is 22.8 Å². The molecule has 1 N–H and O–H groups in total. The summed E-state index contributed by atoms with van der Waals surface area (Å²) in [6.07, 6.45) is 4.33. The van der Waals surface area contributed by atoms with Gasteiger partial charge in [-0.1, -0.05) is 0 Å². The molecule has 0 aliphatic carbocycles. The molecule has 0 bridgehead atoms. The Labute approximate surface area is 156 Å². The number of carbonyl (C=O) groups excluding carboxylic acids is 1. The lowest BCUT2D eigenvalue weighted by molar-refractivity contribution is -0.130. The predicted molar refractivity (Wildman–Crippen MR) is 97.5 cm³/mol. The third-order valence-electron chi connectivity index (χ3n) is 5.19. The maximum Gasteiger partial charge on any atom is 0.252 e. The molecular formula is C18H21N7O2. The zero-order valence-electron chi connectivity index (χ0n) is 15.3. The Kier molecular flexibility index (Phi) is 4.44. The molecule has 1 fully saturated rings. The number of imidazole rings is 1. The van der Waals surface area contributed by atoms with Crippen LogP contribution in [0.5, 0.6) is 0 Å². The summed E-state index contributed by atoms with van der Waals surface area (Å²) in [6.45, 7) is 4.99. The molecule has 0 atom stereocenters. The van der Waals surface area contributed by atoms with E-state index in [1.54, 1.807) is 6.33 Å². The van der Waals surface area contributed by atoms with Gasteiger partial charge in [0, 0.05) is 43.1 Å². The third-order valence-corrected chi connectivity index (χ3v) is 5.19. The van der Waals surface area contributed by atoms with Gasteiger partial charge in [-0.25, -0.2) is 9.67 Å². The van der Waals surface area contributed by atoms with E-state index in [1.165, 1.54) is 11.0 Å². The number of hydrogen-bond donors (Lipinski definition) is 1. The first kappa shape index (κ1) is 17.3. The molecule has 0 spiro atoms. The van der Waals surface area contributed by atoms with Crippen molar-refractivity contribution >= 4 is 11.6 Å². The molecule has 140 valence electrons. The van der Waals surface area contributed by atoms with Crippen LogP contribution in [0.3, 0.4) is 0 Å². The van der Waals surface area contributed by atoms with Gasteiger partial charge in [0.05, 0.1) is 12.0 Å². The summed E-state index contributed by atoms with van der Waals surface area (Å²) in [5.41, 5.74) is 2.96. The molecule has 0 radical (unpaired) electrons. The second kappa shape index (κ2) is 6.92. The van der Waals surface area contributed by atoms with Crippen molar-refractivity contribution in [2.45, 2.75) is 32.2 Å². The summed E-state index contributed by atoms with van der Waals surface area (Å²) in [5, 5.41) is 14.4. The molecule has 1 saturated heterocycles. The standard InChI is InChI=1S/C18H21N7O2/c1-13-14(2)24(11-19-13)16-5-3-15(4-6-16)21-17(26)18(7-9-27-10-8-18)25-12-20-22-23-25/h3-6,11-12H,7-10H2,1-2H3,(H,21,26). The Bertz CT molecular complexity index is 925. The lowest BCUT2D eigenvalue weighted by atomic mass is 9.89. The van der Waals surface area contributed by atoms with Crippen molar-refractivity contribution in [2.24, 2.45) is 0 Å².